The largest absolute Gasteiger partial charge is 0.392 e. The van der Waals surface area contributed by atoms with E-state index < -0.39 is 15.3 Å². The van der Waals surface area contributed by atoms with Crippen LogP contribution in [-0.4, -0.2) is 18.7 Å². The predicted octanol–water partition coefficient (Wildman–Crippen LogP) is -1.05. The maximum atomic E-state index is 10.4. The van der Waals surface area contributed by atoms with Crippen LogP contribution in [-0.2, 0) is 10.0 Å². The number of hydrogen-bond acceptors (Lipinski definition) is 3. The van der Waals surface area contributed by atoms with Crippen LogP contribution in [0.1, 0.15) is 6.92 Å². The molecular formula is C3H8N2O2S2. The van der Waals surface area contributed by atoms with Gasteiger partial charge in [0.05, 0.1) is 4.99 Å². The molecule has 0 bridgehead atoms. The molecule has 0 spiro atoms. The smallest absolute Gasteiger partial charge is 0.218 e. The van der Waals surface area contributed by atoms with E-state index in [-0.39, 0.29) is 4.99 Å². The Kier molecular flexibility index (Phi) is 2.53. The van der Waals surface area contributed by atoms with Gasteiger partial charge in [0.2, 0.25) is 10.0 Å². The monoisotopic (exact) mass is 168 g/mol. The second kappa shape index (κ2) is 2.59. The molecule has 4 N–H and O–H groups in total. The van der Waals surface area contributed by atoms with Crippen molar-refractivity contribution in [2.75, 3.05) is 0 Å². The van der Waals surface area contributed by atoms with Crippen LogP contribution < -0.4 is 10.9 Å². The summed E-state index contributed by atoms with van der Waals surface area (Å²) in [6, 6.07) is 0. The molecule has 0 aliphatic carbocycles. The lowest BCUT2D eigenvalue weighted by molar-refractivity contribution is 0.595. The molecule has 0 saturated carbocycles. The van der Waals surface area contributed by atoms with E-state index in [0.29, 0.717) is 0 Å². The summed E-state index contributed by atoms with van der Waals surface area (Å²) in [6.45, 7) is 1.34. The molecule has 6 heteroatoms. The number of thiocarbonyl (C=S) groups is 1. The van der Waals surface area contributed by atoms with E-state index >= 15 is 0 Å². The second-order valence-corrected chi connectivity index (χ2v) is 3.99. The van der Waals surface area contributed by atoms with Gasteiger partial charge in [0.1, 0.15) is 5.25 Å². The SMILES string of the molecule is CC(C(N)=S)S(N)(=O)=O. The molecular weight excluding hydrogens is 160 g/mol. The van der Waals surface area contributed by atoms with E-state index in [1.807, 2.05) is 0 Å². The third-order valence-corrected chi connectivity index (χ3v) is 2.64. The first kappa shape index (κ1) is 8.80. The normalized spacial score (nSPS) is 14.9. The van der Waals surface area contributed by atoms with Gasteiger partial charge in [-0.1, -0.05) is 12.2 Å². The lowest BCUT2D eigenvalue weighted by Gasteiger charge is -2.03. The van der Waals surface area contributed by atoms with Crippen molar-refractivity contribution in [3.63, 3.8) is 0 Å². The molecule has 0 saturated heterocycles. The Morgan fingerprint density at radius 1 is 1.67 bits per heavy atom. The van der Waals surface area contributed by atoms with Gasteiger partial charge >= 0.3 is 0 Å². The molecule has 0 rings (SSSR count). The van der Waals surface area contributed by atoms with Crippen LogP contribution in [0.25, 0.3) is 0 Å². The molecule has 0 fully saturated rings. The molecule has 0 aromatic carbocycles. The summed E-state index contributed by atoms with van der Waals surface area (Å²) < 4.78 is 20.8. The van der Waals surface area contributed by atoms with Crippen LogP contribution >= 0.6 is 12.2 Å². The van der Waals surface area contributed by atoms with Crippen LogP contribution in [0, 0.1) is 0 Å². The van der Waals surface area contributed by atoms with Gasteiger partial charge in [-0.25, -0.2) is 13.6 Å². The maximum Gasteiger partial charge on any atom is 0.218 e. The van der Waals surface area contributed by atoms with Crippen LogP contribution in [0.4, 0.5) is 0 Å². The van der Waals surface area contributed by atoms with Gasteiger partial charge in [0.25, 0.3) is 0 Å². The van der Waals surface area contributed by atoms with E-state index in [0.717, 1.165) is 0 Å². The van der Waals surface area contributed by atoms with E-state index in [2.05, 4.69) is 17.4 Å². The minimum Gasteiger partial charge on any atom is -0.392 e. The predicted molar refractivity (Wildman–Crippen MR) is 39.4 cm³/mol. The Morgan fingerprint density at radius 3 is 2.00 bits per heavy atom. The Balaban J connectivity index is 4.43. The van der Waals surface area contributed by atoms with Crippen LogP contribution in [0.5, 0.6) is 0 Å². The highest BCUT2D eigenvalue weighted by atomic mass is 32.2. The molecule has 4 nitrogen and oxygen atoms in total. The topological polar surface area (TPSA) is 86.2 Å². The quantitative estimate of drug-likeness (QED) is 0.515. The van der Waals surface area contributed by atoms with Gasteiger partial charge in [0, 0.05) is 0 Å². The van der Waals surface area contributed by atoms with Crippen molar-refractivity contribution in [3.05, 3.63) is 0 Å². The summed E-state index contributed by atoms with van der Waals surface area (Å²) in [4.78, 5) is -0.0995. The standard InChI is InChI=1S/C3H8N2O2S2/c1-2(3(4)8)9(5,6)7/h2H,1H3,(H2,4,8)(H2,5,6,7). The molecule has 54 valence electrons. The zero-order valence-corrected chi connectivity index (χ0v) is 6.50. The van der Waals surface area contributed by atoms with Gasteiger partial charge in [-0.15, -0.1) is 0 Å². The van der Waals surface area contributed by atoms with Crippen molar-refractivity contribution >= 4 is 27.2 Å². The second-order valence-electron chi connectivity index (χ2n) is 1.63. The average molecular weight is 168 g/mol. The molecule has 0 amide bonds. The number of rotatable bonds is 2. The van der Waals surface area contributed by atoms with Gasteiger partial charge in [-0.2, -0.15) is 0 Å². The van der Waals surface area contributed by atoms with E-state index in [9.17, 15) is 8.42 Å². The van der Waals surface area contributed by atoms with Crippen molar-refractivity contribution < 1.29 is 8.42 Å². The Bertz CT molecular complexity index is 208. The Labute approximate surface area is 59.3 Å². The van der Waals surface area contributed by atoms with Crippen molar-refractivity contribution in [1.82, 2.24) is 0 Å². The van der Waals surface area contributed by atoms with E-state index in [1.54, 1.807) is 0 Å². The fourth-order valence-corrected chi connectivity index (χ4v) is 0.888. The zero-order valence-electron chi connectivity index (χ0n) is 4.87. The lowest BCUT2D eigenvalue weighted by atomic mass is 10.5. The molecule has 1 atom stereocenters. The van der Waals surface area contributed by atoms with Crippen LogP contribution in [0.2, 0.25) is 0 Å². The molecule has 0 aliphatic rings. The summed E-state index contributed by atoms with van der Waals surface area (Å²) in [6.07, 6.45) is 0. The van der Waals surface area contributed by atoms with E-state index in [1.165, 1.54) is 6.92 Å². The fourth-order valence-electron chi connectivity index (χ4n) is 0.162. The van der Waals surface area contributed by atoms with Gasteiger partial charge in [-0.3, -0.25) is 0 Å². The molecule has 0 radical (unpaired) electrons. The molecule has 0 aliphatic heterocycles. The third-order valence-electron chi connectivity index (χ3n) is 0.893. The molecule has 9 heavy (non-hydrogen) atoms. The summed E-state index contributed by atoms with van der Waals surface area (Å²) in [7, 11) is -3.57. The molecule has 1 unspecified atom stereocenters. The zero-order chi connectivity index (χ0) is 7.65. The molecule has 0 aromatic heterocycles. The summed E-state index contributed by atoms with van der Waals surface area (Å²) in [5.74, 6) is 0. The maximum absolute atomic E-state index is 10.4. The number of sulfonamides is 1. The van der Waals surface area contributed by atoms with Crippen molar-refractivity contribution in [1.29, 1.82) is 0 Å². The molecule has 0 aromatic rings. The first-order chi connectivity index (χ1) is 3.85. The summed E-state index contributed by atoms with van der Waals surface area (Å²) >= 11 is 4.38. The fraction of sp³-hybridized carbons (Fsp3) is 0.667. The highest BCUT2D eigenvalue weighted by molar-refractivity contribution is 7.92. The van der Waals surface area contributed by atoms with Gasteiger partial charge in [0.15, 0.2) is 0 Å². The first-order valence-electron chi connectivity index (χ1n) is 2.16. The van der Waals surface area contributed by atoms with Crippen LogP contribution in [0.15, 0.2) is 0 Å². The van der Waals surface area contributed by atoms with E-state index in [4.69, 9.17) is 5.73 Å². The summed E-state index contributed by atoms with van der Waals surface area (Å²) in [5, 5.41) is 3.76. The minimum absolute atomic E-state index is 0.0995. The highest BCUT2D eigenvalue weighted by Crippen LogP contribution is 1.92. The minimum atomic E-state index is -3.57. The number of nitrogens with two attached hydrogens (primary N) is 2. The Hall–Kier alpha value is -0.200. The average Bonchev–Trinajstić information content (AvgIpc) is 1.62. The molecule has 0 heterocycles. The van der Waals surface area contributed by atoms with Crippen molar-refractivity contribution in [2.45, 2.75) is 12.2 Å². The summed E-state index contributed by atoms with van der Waals surface area (Å²) in [5.41, 5.74) is 4.99. The van der Waals surface area contributed by atoms with Gasteiger partial charge in [-0.05, 0) is 6.92 Å². The lowest BCUT2D eigenvalue weighted by Crippen LogP contribution is -2.36. The number of hydrogen-bond donors (Lipinski definition) is 2. The number of primary sulfonamides is 1. The van der Waals surface area contributed by atoms with Gasteiger partial charge < -0.3 is 5.73 Å². The van der Waals surface area contributed by atoms with Crippen LogP contribution in [0.3, 0.4) is 0 Å². The van der Waals surface area contributed by atoms with Crippen molar-refractivity contribution in [3.8, 4) is 0 Å². The third kappa shape index (κ3) is 2.73. The first-order valence-corrected chi connectivity index (χ1v) is 4.18. The highest BCUT2D eigenvalue weighted by Gasteiger charge is 2.17. The Morgan fingerprint density at radius 2 is 2.00 bits per heavy atom. The van der Waals surface area contributed by atoms with Crippen molar-refractivity contribution in [2.24, 2.45) is 10.9 Å².